The maximum atomic E-state index is 12.4. The van der Waals surface area contributed by atoms with Gasteiger partial charge in [0.05, 0.1) is 17.8 Å². The van der Waals surface area contributed by atoms with Gasteiger partial charge in [-0.1, -0.05) is 52.3 Å². The van der Waals surface area contributed by atoms with Crippen molar-refractivity contribution < 1.29 is 9.53 Å². The van der Waals surface area contributed by atoms with Gasteiger partial charge in [-0.2, -0.15) is 0 Å². The highest BCUT2D eigenvalue weighted by atomic mass is 79.9. The number of hydrogen-bond donors (Lipinski definition) is 2. The molecular weight excluding hydrogens is 404 g/mol. The molecule has 27 heavy (non-hydrogen) atoms. The summed E-state index contributed by atoms with van der Waals surface area (Å²) in [7, 11) is 0. The van der Waals surface area contributed by atoms with Crippen LogP contribution in [-0.2, 0) is 4.74 Å². The van der Waals surface area contributed by atoms with Gasteiger partial charge in [0.1, 0.15) is 0 Å². The van der Waals surface area contributed by atoms with E-state index >= 15 is 0 Å². The van der Waals surface area contributed by atoms with Crippen LogP contribution in [0, 0.1) is 0 Å². The molecule has 4 nitrogen and oxygen atoms in total. The van der Waals surface area contributed by atoms with Crippen LogP contribution in [0.1, 0.15) is 34.9 Å². The van der Waals surface area contributed by atoms with Crippen molar-refractivity contribution in [3.05, 3.63) is 76.3 Å². The lowest BCUT2D eigenvalue weighted by atomic mass is 10.0. The van der Waals surface area contributed by atoms with Gasteiger partial charge in [-0.15, -0.1) is 0 Å². The standard InChI is InChI=1S/C22H21BrN2O2/c23-17-7-9-19(20(24)12-17)22(26)25-13-18-8-10-21(27-18)16-6-5-14-3-1-2-4-15(14)11-16/h1-7,9,11-12,18,21H,8,10,13,24H2,(H,25,26). The fourth-order valence-electron chi connectivity index (χ4n) is 3.55. The van der Waals surface area contributed by atoms with Gasteiger partial charge in [0, 0.05) is 16.7 Å². The molecule has 1 aliphatic heterocycles. The summed E-state index contributed by atoms with van der Waals surface area (Å²) in [5.74, 6) is -0.169. The van der Waals surface area contributed by atoms with Gasteiger partial charge in [0.25, 0.3) is 5.91 Å². The number of carbonyl (C=O) groups excluding carboxylic acids is 1. The second-order valence-corrected chi connectivity index (χ2v) is 7.79. The third kappa shape index (κ3) is 3.99. The van der Waals surface area contributed by atoms with Crippen molar-refractivity contribution in [2.75, 3.05) is 12.3 Å². The lowest BCUT2D eigenvalue weighted by Gasteiger charge is -2.16. The molecule has 0 spiro atoms. The summed E-state index contributed by atoms with van der Waals surface area (Å²) in [6.07, 6.45) is 1.98. The molecule has 1 aliphatic rings. The van der Waals surface area contributed by atoms with E-state index in [-0.39, 0.29) is 18.1 Å². The summed E-state index contributed by atoms with van der Waals surface area (Å²) in [5, 5.41) is 5.40. The number of amides is 1. The Morgan fingerprint density at radius 2 is 1.89 bits per heavy atom. The fraction of sp³-hybridized carbons (Fsp3) is 0.227. The van der Waals surface area contributed by atoms with E-state index in [1.165, 1.54) is 16.3 Å². The average Bonchev–Trinajstić information content (AvgIpc) is 3.15. The molecule has 0 saturated carbocycles. The first-order valence-corrected chi connectivity index (χ1v) is 9.87. The summed E-state index contributed by atoms with van der Waals surface area (Å²) < 4.78 is 7.03. The van der Waals surface area contributed by atoms with Crippen LogP contribution >= 0.6 is 15.9 Å². The minimum atomic E-state index is -0.169. The molecule has 1 saturated heterocycles. The van der Waals surface area contributed by atoms with Crippen molar-refractivity contribution in [2.45, 2.75) is 25.0 Å². The number of carbonyl (C=O) groups is 1. The van der Waals surface area contributed by atoms with Gasteiger partial charge in [-0.3, -0.25) is 4.79 Å². The Hall–Kier alpha value is -2.37. The number of halogens is 1. The van der Waals surface area contributed by atoms with Crippen LogP contribution < -0.4 is 11.1 Å². The molecular formula is C22H21BrN2O2. The fourth-order valence-corrected chi connectivity index (χ4v) is 3.93. The second-order valence-electron chi connectivity index (χ2n) is 6.87. The van der Waals surface area contributed by atoms with Gasteiger partial charge < -0.3 is 15.8 Å². The Morgan fingerprint density at radius 1 is 1.07 bits per heavy atom. The number of nitrogen functional groups attached to an aromatic ring is 1. The Morgan fingerprint density at radius 3 is 2.70 bits per heavy atom. The molecule has 3 aromatic carbocycles. The molecule has 138 valence electrons. The molecule has 1 amide bonds. The first-order chi connectivity index (χ1) is 13.1. The molecule has 3 N–H and O–H groups in total. The van der Waals surface area contributed by atoms with E-state index in [0.29, 0.717) is 17.8 Å². The van der Waals surface area contributed by atoms with Crippen LogP contribution in [0.5, 0.6) is 0 Å². The van der Waals surface area contributed by atoms with Crippen LogP contribution in [0.25, 0.3) is 10.8 Å². The average molecular weight is 425 g/mol. The van der Waals surface area contributed by atoms with Crippen molar-refractivity contribution >= 4 is 38.3 Å². The van der Waals surface area contributed by atoms with Gasteiger partial charge >= 0.3 is 0 Å². The van der Waals surface area contributed by atoms with Gasteiger partial charge in [-0.05, 0) is 53.4 Å². The van der Waals surface area contributed by atoms with Crippen molar-refractivity contribution in [3.63, 3.8) is 0 Å². The third-order valence-electron chi connectivity index (χ3n) is 5.00. The molecule has 2 unspecified atom stereocenters. The molecule has 0 radical (unpaired) electrons. The van der Waals surface area contributed by atoms with Crippen molar-refractivity contribution in [3.8, 4) is 0 Å². The molecule has 1 fully saturated rings. The van der Waals surface area contributed by atoms with E-state index in [0.717, 1.165) is 17.3 Å². The normalized spacial score (nSPS) is 19.3. The molecule has 0 aliphatic carbocycles. The molecule has 1 heterocycles. The topological polar surface area (TPSA) is 64.4 Å². The quantitative estimate of drug-likeness (QED) is 0.589. The number of nitrogens with one attached hydrogen (secondary N) is 1. The van der Waals surface area contributed by atoms with E-state index in [9.17, 15) is 4.79 Å². The lowest BCUT2D eigenvalue weighted by Crippen LogP contribution is -2.32. The number of rotatable bonds is 4. The molecule has 0 aromatic heterocycles. The maximum Gasteiger partial charge on any atom is 0.253 e. The number of hydrogen-bond acceptors (Lipinski definition) is 3. The summed E-state index contributed by atoms with van der Waals surface area (Å²) in [4.78, 5) is 12.4. The zero-order valence-corrected chi connectivity index (χ0v) is 16.4. The minimum absolute atomic E-state index is 0.0158. The number of fused-ring (bicyclic) bond motifs is 1. The largest absolute Gasteiger partial charge is 0.398 e. The zero-order valence-electron chi connectivity index (χ0n) is 14.8. The predicted molar refractivity (Wildman–Crippen MR) is 112 cm³/mol. The number of nitrogens with two attached hydrogens (primary N) is 1. The van der Waals surface area contributed by atoms with Crippen molar-refractivity contribution in [1.29, 1.82) is 0 Å². The molecule has 4 rings (SSSR count). The number of ether oxygens (including phenoxy) is 1. The van der Waals surface area contributed by atoms with Crippen molar-refractivity contribution in [2.24, 2.45) is 0 Å². The number of benzene rings is 3. The van der Waals surface area contributed by atoms with Crippen LogP contribution in [0.2, 0.25) is 0 Å². The summed E-state index contributed by atoms with van der Waals surface area (Å²) in [6.45, 7) is 0.485. The molecule has 5 heteroatoms. The summed E-state index contributed by atoms with van der Waals surface area (Å²) in [5.41, 5.74) is 8.07. The van der Waals surface area contributed by atoms with Crippen LogP contribution in [0.3, 0.4) is 0 Å². The number of anilines is 1. The predicted octanol–water partition coefficient (Wildman–Crippen LogP) is 4.83. The zero-order chi connectivity index (χ0) is 18.8. The highest BCUT2D eigenvalue weighted by molar-refractivity contribution is 9.10. The van der Waals surface area contributed by atoms with Gasteiger partial charge in [0.2, 0.25) is 0 Å². The Balaban J connectivity index is 1.37. The van der Waals surface area contributed by atoms with Gasteiger partial charge in [0.15, 0.2) is 0 Å². The molecule has 0 bridgehead atoms. The summed E-state index contributed by atoms with van der Waals surface area (Å²) >= 11 is 3.35. The molecule has 3 aromatic rings. The van der Waals surface area contributed by atoms with E-state index < -0.39 is 0 Å². The van der Waals surface area contributed by atoms with Crippen LogP contribution in [0.15, 0.2) is 65.1 Å². The summed E-state index contributed by atoms with van der Waals surface area (Å²) in [6, 6.07) is 20.1. The van der Waals surface area contributed by atoms with E-state index in [1.54, 1.807) is 12.1 Å². The highest BCUT2D eigenvalue weighted by Crippen LogP contribution is 2.34. The van der Waals surface area contributed by atoms with E-state index in [2.05, 4.69) is 51.6 Å². The van der Waals surface area contributed by atoms with E-state index in [1.807, 2.05) is 18.2 Å². The first kappa shape index (κ1) is 18.0. The Bertz CT molecular complexity index is 989. The maximum absolute atomic E-state index is 12.4. The minimum Gasteiger partial charge on any atom is -0.398 e. The monoisotopic (exact) mass is 424 g/mol. The van der Waals surface area contributed by atoms with Crippen molar-refractivity contribution in [1.82, 2.24) is 5.32 Å². The van der Waals surface area contributed by atoms with Crippen LogP contribution in [-0.4, -0.2) is 18.6 Å². The SMILES string of the molecule is Nc1cc(Br)ccc1C(=O)NCC1CCC(c2ccc3ccccc3c2)O1. The molecule has 2 atom stereocenters. The first-order valence-electron chi connectivity index (χ1n) is 9.07. The Kier molecular flexibility index (Phi) is 5.14. The Labute approximate surface area is 166 Å². The highest BCUT2D eigenvalue weighted by Gasteiger charge is 2.27. The third-order valence-corrected chi connectivity index (χ3v) is 5.49. The van der Waals surface area contributed by atoms with Crippen LogP contribution in [0.4, 0.5) is 5.69 Å². The van der Waals surface area contributed by atoms with Gasteiger partial charge in [-0.25, -0.2) is 0 Å². The van der Waals surface area contributed by atoms with E-state index in [4.69, 9.17) is 10.5 Å². The lowest BCUT2D eigenvalue weighted by molar-refractivity contribution is 0.0436. The second kappa shape index (κ2) is 7.71. The smallest absolute Gasteiger partial charge is 0.253 e.